The van der Waals surface area contributed by atoms with Crippen molar-refractivity contribution in [1.82, 2.24) is 14.9 Å². The Hall–Kier alpha value is -1.36. The molecule has 1 saturated carbocycles. The lowest BCUT2D eigenvalue weighted by atomic mass is 9.61. The highest BCUT2D eigenvalue weighted by atomic mass is 16.4. The van der Waals surface area contributed by atoms with Crippen molar-refractivity contribution in [2.75, 3.05) is 6.54 Å². The third kappa shape index (κ3) is 3.03. The Labute approximate surface area is 120 Å². The maximum Gasteiger partial charge on any atom is 0.307 e. The molecule has 112 valence electrons. The van der Waals surface area contributed by atoms with Gasteiger partial charge in [0, 0.05) is 31.5 Å². The first kappa shape index (κ1) is 15.0. The van der Waals surface area contributed by atoms with Crippen molar-refractivity contribution in [3.63, 3.8) is 0 Å². The summed E-state index contributed by atoms with van der Waals surface area (Å²) < 4.78 is 2.05. The summed E-state index contributed by atoms with van der Waals surface area (Å²) in [6, 6.07) is 0.393. The summed E-state index contributed by atoms with van der Waals surface area (Å²) in [6.07, 6.45) is 7.25. The lowest BCUT2D eigenvalue weighted by molar-refractivity contribution is -0.150. The SMILES string of the molecule is CC1C(NCCn2ccnc2)CCC(C(=O)O)C1(C)C. The van der Waals surface area contributed by atoms with E-state index in [0.717, 1.165) is 25.9 Å². The topological polar surface area (TPSA) is 67.2 Å². The number of aromatic nitrogens is 2. The lowest BCUT2D eigenvalue weighted by Gasteiger charge is -2.46. The number of carboxylic acid groups (broad SMARTS) is 1. The molecule has 2 N–H and O–H groups in total. The maximum absolute atomic E-state index is 11.4. The molecule has 0 amide bonds. The van der Waals surface area contributed by atoms with E-state index in [2.05, 4.69) is 31.1 Å². The van der Waals surface area contributed by atoms with E-state index in [-0.39, 0.29) is 11.3 Å². The van der Waals surface area contributed by atoms with Crippen LogP contribution in [-0.2, 0) is 11.3 Å². The summed E-state index contributed by atoms with van der Waals surface area (Å²) in [5.74, 6) is -0.539. The quantitative estimate of drug-likeness (QED) is 0.865. The minimum atomic E-state index is -0.654. The molecule has 0 aliphatic heterocycles. The van der Waals surface area contributed by atoms with Crippen LogP contribution >= 0.6 is 0 Å². The third-order valence-corrected chi connectivity index (χ3v) is 5.08. The van der Waals surface area contributed by atoms with Crippen molar-refractivity contribution in [1.29, 1.82) is 0 Å². The van der Waals surface area contributed by atoms with Crippen LogP contribution in [0, 0.1) is 17.3 Å². The number of imidazole rings is 1. The van der Waals surface area contributed by atoms with Gasteiger partial charge in [0.15, 0.2) is 0 Å². The number of carbonyl (C=O) groups is 1. The van der Waals surface area contributed by atoms with E-state index in [0.29, 0.717) is 12.0 Å². The zero-order valence-electron chi connectivity index (χ0n) is 12.5. The van der Waals surface area contributed by atoms with E-state index in [4.69, 9.17) is 0 Å². The highest BCUT2D eigenvalue weighted by Gasteiger charge is 2.45. The first-order valence-electron chi connectivity index (χ1n) is 7.35. The Balaban J connectivity index is 1.89. The highest BCUT2D eigenvalue weighted by molar-refractivity contribution is 5.71. The molecular formula is C15H25N3O2. The smallest absolute Gasteiger partial charge is 0.307 e. The molecule has 1 aliphatic carbocycles. The van der Waals surface area contributed by atoms with E-state index in [1.165, 1.54) is 0 Å². The van der Waals surface area contributed by atoms with Crippen LogP contribution in [0.5, 0.6) is 0 Å². The predicted octanol–water partition coefficient (Wildman–Crippen LogP) is 2.00. The molecule has 0 radical (unpaired) electrons. The van der Waals surface area contributed by atoms with Crippen molar-refractivity contribution in [3.8, 4) is 0 Å². The molecular weight excluding hydrogens is 254 g/mol. The van der Waals surface area contributed by atoms with E-state index in [1.807, 2.05) is 17.1 Å². The Morgan fingerprint density at radius 1 is 1.50 bits per heavy atom. The summed E-state index contributed by atoms with van der Waals surface area (Å²) in [4.78, 5) is 15.4. The second-order valence-electron chi connectivity index (χ2n) is 6.44. The fraction of sp³-hybridized carbons (Fsp3) is 0.733. The number of nitrogens with one attached hydrogen (secondary N) is 1. The Bertz CT molecular complexity index is 442. The van der Waals surface area contributed by atoms with Crippen LogP contribution in [0.2, 0.25) is 0 Å². The number of hydrogen-bond donors (Lipinski definition) is 2. The summed E-state index contributed by atoms with van der Waals surface area (Å²) >= 11 is 0. The summed E-state index contributed by atoms with van der Waals surface area (Å²) in [5, 5.41) is 12.9. The van der Waals surface area contributed by atoms with E-state index in [1.54, 1.807) is 6.20 Å². The number of aliphatic carboxylic acids is 1. The zero-order chi connectivity index (χ0) is 14.8. The molecule has 3 unspecified atom stereocenters. The van der Waals surface area contributed by atoms with Gasteiger partial charge in [-0.25, -0.2) is 4.98 Å². The molecule has 1 aromatic rings. The Morgan fingerprint density at radius 3 is 2.85 bits per heavy atom. The van der Waals surface area contributed by atoms with Crippen molar-refractivity contribution in [3.05, 3.63) is 18.7 Å². The van der Waals surface area contributed by atoms with Gasteiger partial charge >= 0.3 is 5.97 Å². The molecule has 5 heteroatoms. The van der Waals surface area contributed by atoms with Crippen LogP contribution < -0.4 is 5.32 Å². The fourth-order valence-electron chi connectivity index (χ4n) is 3.32. The molecule has 1 aliphatic rings. The van der Waals surface area contributed by atoms with Crippen molar-refractivity contribution in [2.45, 2.75) is 46.2 Å². The van der Waals surface area contributed by atoms with Gasteiger partial charge in [-0.2, -0.15) is 0 Å². The lowest BCUT2D eigenvalue weighted by Crippen LogP contribution is -2.51. The van der Waals surface area contributed by atoms with Gasteiger partial charge in [-0.1, -0.05) is 20.8 Å². The second-order valence-corrected chi connectivity index (χ2v) is 6.44. The van der Waals surface area contributed by atoms with E-state index in [9.17, 15) is 9.90 Å². The van der Waals surface area contributed by atoms with E-state index < -0.39 is 5.97 Å². The molecule has 0 aromatic carbocycles. The Morgan fingerprint density at radius 2 is 2.25 bits per heavy atom. The predicted molar refractivity (Wildman–Crippen MR) is 77.3 cm³/mol. The average Bonchev–Trinajstić information content (AvgIpc) is 2.87. The maximum atomic E-state index is 11.4. The monoisotopic (exact) mass is 279 g/mol. The number of hydrogen-bond acceptors (Lipinski definition) is 3. The van der Waals surface area contributed by atoms with Gasteiger partial charge in [0.2, 0.25) is 0 Å². The van der Waals surface area contributed by atoms with Gasteiger partial charge < -0.3 is 15.0 Å². The molecule has 3 atom stereocenters. The van der Waals surface area contributed by atoms with Crippen LogP contribution in [0.3, 0.4) is 0 Å². The van der Waals surface area contributed by atoms with Gasteiger partial charge in [-0.15, -0.1) is 0 Å². The van der Waals surface area contributed by atoms with Gasteiger partial charge in [-0.3, -0.25) is 4.79 Å². The molecule has 1 heterocycles. The number of rotatable bonds is 5. The summed E-state index contributed by atoms with van der Waals surface area (Å²) in [6.45, 7) is 8.12. The van der Waals surface area contributed by atoms with Crippen LogP contribution in [0.15, 0.2) is 18.7 Å². The van der Waals surface area contributed by atoms with Crippen LogP contribution in [0.25, 0.3) is 0 Å². The molecule has 1 aromatic heterocycles. The fourth-order valence-corrected chi connectivity index (χ4v) is 3.32. The minimum Gasteiger partial charge on any atom is -0.481 e. The number of nitrogens with zero attached hydrogens (tertiary/aromatic N) is 2. The standard InChI is InChI=1S/C15H25N3O2/c1-11-13(17-7-9-18-8-6-16-10-18)5-4-12(14(19)20)15(11,2)3/h6,8,10-13,17H,4-5,7,9H2,1-3H3,(H,19,20). The van der Waals surface area contributed by atoms with Crippen molar-refractivity contribution in [2.24, 2.45) is 17.3 Å². The number of carboxylic acids is 1. The first-order chi connectivity index (χ1) is 9.43. The van der Waals surface area contributed by atoms with Crippen molar-refractivity contribution >= 4 is 5.97 Å². The van der Waals surface area contributed by atoms with Crippen LogP contribution in [-0.4, -0.2) is 33.2 Å². The third-order valence-electron chi connectivity index (χ3n) is 5.08. The normalized spacial score (nSPS) is 29.2. The second kappa shape index (κ2) is 5.95. The first-order valence-corrected chi connectivity index (χ1v) is 7.35. The largest absolute Gasteiger partial charge is 0.481 e. The highest BCUT2D eigenvalue weighted by Crippen LogP contribution is 2.44. The van der Waals surface area contributed by atoms with Gasteiger partial charge in [0.1, 0.15) is 0 Å². The molecule has 2 rings (SSSR count). The van der Waals surface area contributed by atoms with E-state index >= 15 is 0 Å². The average molecular weight is 279 g/mol. The molecule has 5 nitrogen and oxygen atoms in total. The minimum absolute atomic E-state index is 0.170. The zero-order valence-corrected chi connectivity index (χ0v) is 12.5. The Kier molecular flexibility index (Phi) is 4.48. The molecule has 0 bridgehead atoms. The summed E-state index contributed by atoms with van der Waals surface area (Å²) in [5.41, 5.74) is -0.170. The van der Waals surface area contributed by atoms with Crippen molar-refractivity contribution < 1.29 is 9.90 Å². The molecule has 1 fully saturated rings. The van der Waals surface area contributed by atoms with Gasteiger partial charge in [0.05, 0.1) is 12.2 Å². The van der Waals surface area contributed by atoms with Gasteiger partial charge in [-0.05, 0) is 24.2 Å². The summed E-state index contributed by atoms with van der Waals surface area (Å²) in [7, 11) is 0. The van der Waals surface area contributed by atoms with Gasteiger partial charge in [0.25, 0.3) is 0 Å². The molecule has 20 heavy (non-hydrogen) atoms. The molecule has 0 spiro atoms. The molecule has 0 saturated heterocycles. The van der Waals surface area contributed by atoms with Crippen LogP contribution in [0.4, 0.5) is 0 Å². The van der Waals surface area contributed by atoms with Crippen LogP contribution in [0.1, 0.15) is 33.6 Å².